The van der Waals surface area contributed by atoms with Gasteiger partial charge in [-0.2, -0.15) is 0 Å². The standard InChI is InChI=1S/C12H19NO2/c1-3-11(9-15-2)13-12-6-4-10(8-14)5-7-12/h4-7,11,13-14H,3,8-9H2,1-2H3. The Hall–Kier alpha value is -1.06. The highest BCUT2D eigenvalue weighted by molar-refractivity contribution is 5.45. The summed E-state index contributed by atoms with van der Waals surface area (Å²) in [5, 5.41) is 12.3. The van der Waals surface area contributed by atoms with Crippen LogP contribution >= 0.6 is 0 Å². The van der Waals surface area contributed by atoms with E-state index in [9.17, 15) is 0 Å². The Morgan fingerprint density at radius 1 is 1.33 bits per heavy atom. The van der Waals surface area contributed by atoms with E-state index in [0.29, 0.717) is 12.6 Å². The molecule has 1 aromatic carbocycles. The van der Waals surface area contributed by atoms with Crippen molar-refractivity contribution in [2.24, 2.45) is 0 Å². The molecule has 3 nitrogen and oxygen atoms in total. The van der Waals surface area contributed by atoms with Gasteiger partial charge in [-0.15, -0.1) is 0 Å². The van der Waals surface area contributed by atoms with Crippen LogP contribution in [0, 0.1) is 0 Å². The van der Waals surface area contributed by atoms with Crippen molar-refractivity contribution in [1.82, 2.24) is 0 Å². The molecule has 0 heterocycles. The minimum atomic E-state index is 0.0928. The average Bonchev–Trinajstić information content (AvgIpc) is 2.29. The highest BCUT2D eigenvalue weighted by atomic mass is 16.5. The highest BCUT2D eigenvalue weighted by Gasteiger charge is 2.04. The van der Waals surface area contributed by atoms with Gasteiger partial charge in [-0.05, 0) is 24.1 Å². The van der Waals surface area contributed by atoms with Crippen molar-refractivity contribution >= 4 is 5.69 Å². The van der Waals surface area contributed by atoms with Gasteiger partial charge < -0.3 is 15.2 Å². The van der Waals surface area contributed by atoms with Crippen LogP contribution in [0.1, 0.15) is 18.9 Å². The van der Waals surface area contributed by atoms with E-state index in [-0.39, 0.29) is 6.61 Å². The summed E-state index contributed by atoms with van der Waals surface area (Å²) in [7, 11) is 1.71. The molecule has 2 N–H and O–H groups in total. The van der Waals surface area contributed by atoms with Gasteiger partial charge in [-0.25, -0.2) is 0 Å². The highest BCUT2D eigenvalue weighted by Crippen LogP contribution is 2.11. The predicted octanol–water partition coefficient (Wildman–Crippen LogP) is 2.02. The lowest BCUT2D eigenvalue weighted by atomic mass is 10.2. The van der Waals surface area contributed by atoms with E-state index in [4.69, 9.17) is 9.84 Å². The molecule has 0 fully saturated rings. The lowest BCUT2D eigenvalue weighted by molar-refractivity contribution is 0.184. The Bertz CT molecular complexity index is 271. The lowest BCUT2D eigenvalue weighted by Crippen LogP contribution is -2.23. The van der Waals surface area contributed by atoms with Crippen molar-refractivity contribution in [3.63, 3.8) is 0 Å². The van der Waals surface area contributed by atoms with Crippen LogP contribution in [0.2, 0.25) is 0 Å². The van der Waals surface area contributed by atoms with E-state index in [0.717, 1.165) is 17.7 Å². The van der Waals surface area contributed by atoms with Gasteiger partial charge in [0.2, 0.25) is 0 Å². The minimum absolute atomic E-state index is 0.0928. The number of methoxy groups -OCH3 is 1. The van der Waals surface area contributed by atoms with Crippen molar-refractivity contribution in [3.8, 4) is 0 Å². The number of hydrogen-bond donors (Lipinski definition) is 2. The molecule has 1 unspecified atom stereocenters. The third kappa shape index (κ3) is 3.90. The van der Waals surface area contributed by atoms with Gasteiger partial charge in [0.1, 0.15) is 0 Å². The molecule has 0 amide bonds. The van der Waals surface area contributed by atoms with Crippen molar-refractivity contribution in [2.75, 3.05) is 19.0 Å². The summed E-state index contributed by atoms with van der Waals surface area (Å²) in [5.74, 6) is 0. The molecule has 0 saturated heterocycles. The van der Waals surface area contributed by atoms with Crippen LogP contribution < -0.4 is 5.32 Å². The molecule has 1 atom stereocenters. The molecule has 1 rings (SSSR count). The number of benzene rings is 1. The molecule has 0 aliphatic heterocycles. The predicted molar refractivity (Wildman–Crippen MR) is 61.9 cm³/mol. The van der Waals surface area contributed by atoms with Crippen LogP contribution in [-0.2, 0) is 11.3 Å². The molecular weight excluding hydrogens is 190 g/mol. The van der Waals surface area contributed by atoms with Crippen LogP contribution in [0.5, 0.6) is 0 Å². The molecule has 0 spiro atoms. The third-order valence-electron chi connectivity index (χ3n) is 2.37. The molecule has 1 aromatic rings. The first kappa shape index (κ1) is 12.0. The molecule has 15 heavy (non-hydrogen) atoms. The Morgan fingerprint density at radius 3 is 2.47 bits per heavy atom. The zero-order chi connectivity index (χ0) is 11.1. The van der Waals surface area contributed by atoms with E-state index in [1.807, 2.05) is 24.3 Å². The second-order valence-electron chi connectivity index (χ2n) is 3.56. The topological polar surface area (TPSA) is 41.5 Å². The van der Waals surface area contributed by atoms with Gasteiger partial charge in [0.05, 0.1) is 13.2 Å². The summed E-state index contributed by atoms with van der Waals surface area (Å²) in [6, 6.07) is 8.13. The normalized spacial score (nSPS) is 12.5. The van der Waals surface area contributed by atoms with E-state index in [1.54, 1.807) is 7.11 Å². The molecule has 0 radical (unpaired) electrons. The fourth-order valence-electron chi connectivity index (χ4n) is 1.40. The monoisotopic (exact) mass is 209 g/mol. The van der Waals surface area contributed by atoms with Crippen LogP contribution in [0.3, 0.4) is 0 Å². The molecule has 0 aromatic heterocycles. The van der Waals surface area contributed by atoms with Gasteiger partial charge in [0.15, 0.2) is 0 Å². The van der Waals surface area contributed by atoms with Crippen LogP contribution in [0.4, 0.5) is 5.69 Å². The zero-order valence-electron chi connectivity index (χ0n) is 9.36. The van der Waals surface area contributed by atoms with Gasteiger partial charge >= 0.3 is 0 Å². The van der Waals surface area contributed by atoms with Crippen LogP contribution in [0.15, 0.2) is 24.3 Å². The Balaban J connectivity index is 2.55. The van der Waals surface area contributed by atoms with Crippen molar-refractivity contribution in [1.29, 1.82) is 0 Å². The average molecular weight is 209 g/mol. The second kappa shape index (κ2) is 6.43. The van der Waals surface area contributed by atoms with E-state index >= 15 is 0 Å². The number of ether oxygens (including phenoxy) is 1. The molecule has 0 saturated carbocycles. The zero-order valence-corrected chi connectivity index (χ0v) is 9.36. The second-order valence-corrected chi connectivity index (χ2v) is 3.56. The van der Waals surface area contributed by atoms with E-state index < -0.39 is 0 Å². The lowest BCUT2D eigenvalue weighted by Gasteiger charge is -2.17. The molecule has 84 valence electrons. The first-order valence-corrected chi connectivity index (χ1v) is 5.25. The van der Waals surface area contributed by atoms with Gasteiger partial charge in [-0.1, -0.05) is 19.1 Å². The van der Waals surface area contributed by atoms with Gasteiger partial charge in [0, 0.05) is 18.8 Å². The maximum atomic E-state index is 8.90. The first-order valence-electron chi connectivity index (χ1n) is 5.25. The number of hydrogen-bond acceptors (Lipinski definition) is 3. The van der Waals surface area contributed by atoms with Crippen LogP contribution in [0.25, 0.3) is 0 Å². The smallest absolute Gasteiger partial charge is 0.0681 e. The van der Waals surface area contributed by atoms with Crippen molar-refractivity contribution in [3.05, 3.63) is 29.8 Å². The van der Waals surface area contributed by atoms with Crippen molar-refractivity contribution in [2.45, 2.75) is 26.0 Å². The number of aliphatic hydroxyl groups is 1. The molecule has 0 aliphatic rings. The third-order valence-corrected chi connectivity index (χ3v) is 2.37. The van der Waals surface area contributed by atoms with E-state index in [1.165, 1.54) is 0 Å². The SMILES string of the molecule is CCC(COC)Nc1ccc(CO)cc1. The van der Waals surface area contributed by atoms with E-state index in [2.05, 4.69) is 12.2 Å². The molecule has 0 bridgehead atoms. The summed E-state index contributed by atoms with van der Waals surface area (Å²) in [6.45, 7) is 2.92. The number of aliphatic hydroxyl groups excluding tert-OH is 1. The Kier molecular flexibility index (Phi) is 5.15. The minimum Gasteiger partial charge on any atom is -0.392 e. The van der Waals surface area contributed by atoms with Gasteiger partial charge in [-0.3, -0.25) is 0 Å². The summed E-state index contributed by atoms with van der Waals surface area (Å²) in [5.41, 5.74) is 2.00. The molecular formula is C12H19NO2. The molecule has 0 aliphatic carbocycles. The maximum Gasteiger partial charge on any atom is 0.0681 e. The fraction of sp³-hybridized carbons (Fsp3) is 0.500. The molecule has 3 heteroatoms. The number of rotatable bonds is 6. The summed E-state index contributed by atoms with van der Waals surface area (Å²) in [6.07, 6.45) is 1.02. The maximum absolute atomic E-state index is 8.90. The fourth-order valence-corrected chi connectivity index (χ4v) is 1.40. The van der Waals surface area contributed by atoms with Crippen LogP contribution in [-0.4, -0.2) is 24.9 Å². The summed E-state index contributed by atoms with van der Waals surface area (Å²) < 4.78 is 5.11. The Labute approximate surface area is 91.1 Å². The van der Waals surface area contributed by atoms with Crippen molar-refractivity contribution < 1.29 is 9.84 Å². The number of nitrogens with one attached hydrogen (secondary N) is 1. The summed E-state index contributed by atoms with van der Waals surface area (Å²) in [4.78, 5) is 0. The summed E-state index contributed by atoms with van der Waals surface area (Å²) >= 11 is 0. The number of anilines is 1. The first-order chi connectivity index (χ1) is 7.30. The van der Waals surface area contributed by atoms with Gasteiger partial charge in [0.25, 0.3) is 0 Å². The quantitative estimate of drug-likeness (QED) is 0.753. The largest absolute Gasteiger partial charge is 0.392 e. The Morgan fingerprint density at radius 2 is 2.00 bits per heavy atom.